The molecule has 1 aromatic carbocycles. The first-order chi connectivity index (χ1) is 8.44. The van der Waals surface area contributed by atoms with Crippen molar-refractivity contribution < 1.29 is 0 Å². The molecule has 0 aliphatic heterocycles. The first kappa shape index (κ1) is 15.0. The van der Waals surface area contributed by atoms with Gasteiger partial charge in [0.15, 0.2) is 0 Å². The summed E-state index contributed by atoms with van der Waals surface area (Å²) in [5.74, 6) is 0. The van der Waals surface area contributed by atoms with Gasteiger partial charge in [0.25, 0.3) is 0 Å². The second-order valence-electron chi connectivity index (χ2n) is 5.48. The third-order valence-electron chi connectivity index (χ3n) is 3.17. The van der Waals surface area contributed by atoms with Crippen LogP contribution < -0.4 is 5.32 Å². The van der Waals surface area contributed by atoms with E-state index < -0.39 is 0 Å². The molecule has 0 fully saturated rings. The van der Waals surface area contributed by atoms with Crippen molar-refractivity contribution in [2.24, 2.45) is 5.41 Å². The second kappa shape index (κ2) is 6.78. The van der Waals surface area contributed by atoms with Crippen LogP contribution in [0.15, 0.2) is 24.3 Å². The third-order valence-corrected chi connectivity index (χ3v) is 3.42. The predicted octanol–water partition coefficient (Wildman–Crippen LogP) is 4.32. The molecule has 98 valence electrons. The van der Waals surface area contributed by atoms with E-state index in [4.69, 9.17) is 16.9 Å². The van der Waals surface area contributed by atoms with Crippen LogP contribution in [0.4, 0.5) is 0 Å². The molecule has 0 amide bonds. The number of halogens is 1. The first-order valence-electron chi connectivity index (χ1n) is 6.30. The summed E-state index contributed by atoms with van der Waals surface area (Å²) in [5, 5.41) is 12.9. The molecular formula is C15H21ClN2. The van der Waals surface area contributed by atoms with Crippen LogP contribution in [0, 0.1) is 16.7 Å². The fourth-order valence-electron chi connectivity index (χ4n) is 1.78. The summed E-state index contributed by atoms with van der Waals surface area (Å²) in [6, 6.07) is 10.4. The molecule has 0 aliphatic rings. The van der Waals surface area contributed by atoms with Crippen LogP contribution in [0.1, 0.15) is 45.2 Å². The quantitative estimate of drug-likeness (QED) is 0.831. The minimum Gasteiger partial charge on any atom is -0.310 e. The SMILES string of the molecule is C[C@@H](NCC(C)(C)CCC#N)c1ccc(Cl)cc1. The van der Waals surface area contributed by atoms with Gasteiger partial charge < -0.3 is 5.32 Å². The lowest BCUT2D eigenvalue weighted by Crippen LogP contribution is -2.31. The molecule has 18 heavy (non-hydrogen) atoms. The first-order valence-corrected chi connectivity index (χ1v) is 6.68. The normalized spacial score (nSPS) is 13.1. The van der Waals surface area contributed by atoms with E-state index in [2.05, 4.69) is 32.2 Å². The number of nitrogens with one attached hydrogen (secondary N) is 1. The standard InChI is InChI=1S/C15H21ClN2/c1-12(13-5-7-14(16)8-6-13)18-11-15(2,3)9-4-10-17/h5-8,12,18H,4,9,11H2,1-3H3/t12-/m1/s1. The summed E-state index contributed by atoms with van der Waals surface area (Å²) in [7, 11) is 0. The van der Waals surface area contributed by atoms with E-state index in [1.807, 2.05) is 24.3 Å². The van der Waals surface area contributed by atoms with Crippen LogP contribution in [-0.2, 0) is 0 Å². The molecule has 0 aromatic heterocycles. The minimum absolute atomic E-state index is 0.149. The van der Waals surface area contributed by atoms with Gasteiger partial charge in [-0.15, -0.1) is 0 Å². The average Bonchev–Trinajstić information content (AvgIpc) is 2.35. The van der Waals surface area contributed by atoms with E-state index in [1.54, 1.807) is 0 Å². The summed E-state index contributed by atoms with van der Waals surface area (Å²) in [5.41, 5.74) is 1.38. The number of rotatable bonds is 6. The number of nitriles is 1. The average molecular weight is 265 g/mol. The Morgan fingerprint density at radius 2 is 1.94 bits per heavy atom. The monoisotopic (exact) mass is 264 g/mol. The van der Waals surface area contributed by atoms with Crippen molar-refractivity contribution in [3.05, 3.63) is 34.9 Å². The number of hydrogen-bond acceptors (Lipinski definition) is 2. The highest BCUT2D eigenvalue weighted by Crippen LogP contribution is 2.23. The maximum Gasteiger partial charge on any atom is 0.0621 e. The van der Waals surface area contributed by atoms with Gasteiger partial charge in [-0.1, -0.05) is 37.6 Å². The van der Waals surface area contributed by atoms with Crippen LogP contribution in [-0.4, -0.2) is 6.54 Å². The Hall–Kier alpha value is -1.04. The molecule has 1 rings (SSSR count). The molecule has 0 saturated heterocycles. The Bertz CT molecular complexity index is 403. The van der Waals surface area contributed by atoms with Gasteiger partial charge in [-0.05, 0) is 36.5 Å². The lowest BCUT2D eigenvalue weighted by atomic mass is 9.87. The molecule has 0 spiro atoms. The second-order valence-corrected chi connectivity index (χ2v) is 5.91. The van der Waals surface area contributed by atoms with Gasteiger partial charge in [0.2, 0.25) is 0 Å². The van der Waals surface area contributed by atoms with Crippen molar-refractivity contribution in [3.63, 3.8) is 0 Å². The summed E-state index contributed by atoms with van der Waals surface area (Å²) in [6.45, 7) is 7.42. The summed E-state index contributed by atoms with van der Waals surface area (Å²) in [6.07, 6.45) is 1.54. The van der Waals surface area contributed by atoms with Crippen molar-refractivity contribution >= 4 is 11.6 Å². The summed E-state index contributed by atoms with van der Waals surface area (Å²) < 4.78 is 0. The van der Waals surface area contributed by atoms with Crippen molar-refractivity contribution in [2.75, 3.05) is 6.54 Å². The van der Waals surface area contributed by atoms with Gasteiger partial charge in [-0.3, -0.25) is 0 Å². The maximum atomic E-state index is 8.63. The molecule has 2 nitrogen and oxygen atoms in total. The van der Waals surface area contributed by atoms with E-state index >= 15 is 0 Å². The molecule has 1 N–H and O–H groups in total. The van der Waals surface area contributed by atoms with Gasteiger partial charge >= 0.3 is 0 Å². The van der Waals surface area contributed by atoms with Crippen molar-refractivity contribution in [1.82, 2.24) is 5.32 Å². The highest BCUT2D eigenvalue weighted by atomic mass is 35.5. The molecule has 0 heterocycles. The van der Waals surface area contributed by atoms with Crippen molar-refractivity contribution in [3.8, 4) is 6.07 Å². The van der Waals surface area contributed by atoms with Crippen molar-refractivity contribution in [1.29, 1.82) is 5.26 Å². The van der Waals surface area contributed by atoms with E-state index in [9.17, 15) is 0 Å². The van der Waals surface area contributed by atoms with Crippen LogP contribution in [0.25, 0.3) is 0 Å². The predicted molar refractivity (Wildman–Crippen MR) is 76.5 cm³/mol. The molecule has 0 bridgehead atoms. The highest BCUT2D eigenvalue weighted by molar-refractivity contribution is 6.30. The zero-order chi connectivity index (χ0) is 13.6. The molecule has 0 aliphatic carbocycles. The molecule has 0 saturated carbocycles. The van der Waals surface area contributed by atoms with Crippen LogP contribution in [0.5, 0.6) is 0 Å². The number of nitrogens with zero attached hydrogens (tertiary/aromatic N) is 1. The Morgan fingerprint density at radius 3 is 2.50 bits per heavy atom. The van der Waals surface area contributed by atoms with E-state index in [-0.39, 0.29) is 5.41 Å². The fraction of sp³-hybridized carbons (Fsp3) is 0.533. The van der Waals surface area contributed by atoms with Gasteiger partial charge in [0.05, 0.1) is 6.07 Å². The van der Waals surface area contributed by atoms with Crippen LogP contribution in [0.3, 0.4) is 0 Å². The summed E-state index contributed by atoms with van der Waals surface area (Å²) >= 11 is 5.87. The van der Waals surface area contributed by atoms with E-state index in [0.29, 0.717) is 12.5 Å². The van der Waals surface area contributed by atoms with Gasteiger partial charge in [-0.25, -0.2) is 0 Å². The number of benzene rings is 1. The molecule has 1 atom stereocenters. The van der Waals surface area contributed by atoms with E-state index in [1.165, 1.54) is 5.56 Å². The topological polar surface area (TPSA) is 35.8 Å². The zero-order valence-corrected chi connectivity index (χ0v) is 12.1. The Morgan fingerprint density at radius 1 is 1.33 bits per heavy atom. The van der Waals surface area contributed by atoms with Gasteiger partial charge in [0.1, 0.15) is 0 Å². The molecule has 0 radical (unpaired) electrons. The zero-order valence-electron chi connectivity index (χ0n) is 11.3. The minimum atomic E-state index is 0.149. The van der Waals surface area contributed by atoms with Crippen LogP contribution in [0.2, 0.25) is 5.02 Å². The van der Waals surface area contributed by atoms with Crippen molar-refractivity contribution in [2.45, 2.75) is 39.7 Å². The smallest absolute Gasteiger partial charge is 0.0621 e. The Balaban J connectivity index is 2.48. The molecule has 0 unspecified atom stereocenters. The van der Waals surface area contributed by atoms with Crippen LogP contribution >= 0.6 is 11.6 Å². The Labute approximate surface area is 115 Å². The van der Waals surface area contributed by atoms with Gasteiger partial charge in [0, 0.05) is 24.0 Å². The third kappa shape index (κ3) is 5.08. The molecule has 3 heteroatoms. The van der Waals surface area contributed by atoms with E-state index in [0.717, 1.165) is 18.0 Å². The number of hydrogen-bond donors (Lipinski definition) is 1. The molecular weight excluding hydrogens is 244 g/mol. The maximum absolute atomic E-state index is 8.63. The Kier molecular flexibility index (Phi) is 5.65. The lowest BCUT2D eigenvalue weighted by molar-refractivity contribution is 0.305. The van der Waals surface area contributed by atoms with Gasteiger partial charge in [-0.2, -0.15) is 5.26 Å². The molecule has 1 aromatic rings. The fourth-order valence-corrected chi connectivity index (χ4v) is 1.91. The highest BCUT2D eigenvalue weighted by Gasteiger charge is 2.18. The lowest BCUT2D eigenvalue weighted by Gasteiger charge is -2.26. The summed E-state index contributed by atoms with van der Waals surface area (Å²) in [4.78, 5) is 0. The largest absolute Gasteiger partial charge is 0.310 e.